The number of ether oxygens (including phenoxy) is 2. The number of amides is 1. The summed E-state index contributed by atoms with van der Waals surface area (Å²) < 4.78 is 10.9. The van der Waals surface area contributed by atoms with Crippen LogP contribution in [0.25, 0.3) is 10.8 Å². The molecule has 1 atom stereocenters. The number of nitrogens with one attached hydrogen (secondary N) is 1. The third-order valence-electron chi connectivity index (χ3n) is 3.84. The molecule has 0 bridgehead atoms. The number of hydrogen-bond acceptors (Lipinski definition) is 5. The molecule has 1 N–H and O–H groups in total. The van der Waals surface area contributed by atoms with Crippen molar-refractivity contribution >= 4 is 28.4 Å². The fourth-order valence-electron chi connectivity index (χ4n) is 2.66. The molecule has 0 radical (unpaired) electrons. The lowest BCUT2D eigenvalue weighted by molar-refractivity contribution is -0.119. The summed E-state index contributed by atoms with van der Waals surface area (Å²) >= 11 is 1.44. The largest absolute Gasteiger partial charge is 0.496 e. The predicted octanol–water partition coefficient (Wildman–Crippen LogP) is 2.63. The first kappa shape index (κ1) is 16.1. The van der Waals surface area contributed by atoms with Crippen LogP contribution in [0.3, 0.4) is 0 Å². The fraction of sp³-hybridized carbons (Fsp3) is 0.412. The quantitative estimate of drug-likeness (QED) is 0.824. The highest BCUT2D eigenvalue weighted by molar-refractivity contribution is 8.00. The van der Waals surface area contributed by atoms with Crippen molar-refractivity contribution in [2.75, 3.05) is 26.0 Å². The Bertz CT molecular complexity index is 687. The molecule has 0 aliphatic carbocycles. The van der Waals surface area contributed by atoms with Gasteiger partial charge in [-0.05, 0) is 25.0 Å². The van der Waals surface area contributed by atoms with Crippen LogP contribution >= 0.6 is 11.8 Å². The van der Waals surface area contributed by atoms with E-state index in [0.29, 0.717) is 12.3 Å². The third-order valence-corrected chi connectivity index (χ3v) is 4.85. The monoisotopic (exact) mass is 332 g/mol. The Kier molecular flexibility index (Phi) is 5.35. The molecule has 2 aromatic rings. The van der Waals surface area contributed by atoms with E-state index in [0.717, 1.165) is 41.0 Å². The molecule has 1 aromatic heterocycles. The molecule has 0 saturated carbocycles. The average molecular weight is 332 g/mol. The van der Waals surface area contributed by atoms with Crippen LogP contribution in [0.4, 0.5) is 0 Å². The van der Waals surface area contributed by atoms with Crippen molar-refractivity contribution in [3.8, 4) is 5.75 Å². The van der Waals surface area contributed by atoms with Gasteiger partial charge in [0.05, 0.1) is 19.0 Å². The summed E-state index contributed by atoms with van der Waals surface area (Å²) in [5, 5.41) is 5.78. The number of benzene rings is 1. The number of aromatic nitrogens is 1. The number of carbonyl (C=O) groups is 1. The molecule has 1 unspecified atom stereocenters. The van der Waals surface area contributed by atoms with Crippen LogP contribution in [0.5, 0.6) is 5.75 Å². The van der Waals surface area contributed by atoms with Crippen molar-refractivity contribution in [2.45, 2.75) is 24.0 Å². The second-order valence-electron chi connectivity index (χ2n) is 5.40. The predicted molar refractivity (Wildman–Crippen MR) is 91.0 cm³/mol. The topological polar surface area (TPSA) is 60.5 Å². The molecule has 1 fully saturated rings. The van der Waals surface area contributed by atoms with Gasteiger partial charge in [-0.2, -0.15) is 0 Å². The number of fused-ring (bicyclic) bond motifs is 1. The summed E-state index contributed by atoms with van der Waals surface area (Å²) in [5.74, 6) is 1.16. The van der Waals surface area contributed by atoms with Crippen LogP contribution in [0, 0.1) is 0 Å². The molecule has 23 heavy (non-hydrogen) atoms. The summed E-state index contributed by atoms with van der Waals surface area (Å²) in [6.45, 7) is 1.40. The van der Waals surface area contributed by atoms with Gasteiger partial charge < -0.3 is 14.8 Å². The maximum absolute atomic E-state index is 12.0. The first-order chi connectivity index (χ1) is 11.3. The van der Waals surface area contributed by atoms with E-state index in [1.807, 2.05) is 24.3 Å². The minimum atomic E-state index is 0.00667. The molecule has 6 heteroatoms. The van der Waals surface area contributed by atoms with E-state index in [-0.39, 0.29) is 12.0 Å². The van der Waals surface area contributed by atoms with Crippen molar-refractivity contribution in [3.05, 3.63) is 30.5 Å². The van der Waals surface area contributed by atoms with E-state index < -0.39 is 0 Å². The Balaban J connectivity index is 1.61. The van der Waals surface area contributed by atoms with E-state index >= 15 is 0 Å². The lowest BCUT2D eigenvalue weighted by atomic mass is 10.1. The maximum atomic E-state index is 12.0. The minimum Gasteiger partial charge on any atom is -0.496 e. The standard InChI is InChI=1S/C17H20N2O3S/c1-21-15-6-2-5-14-13(15)7-8-18-17(14)23-11-16(20)19-10-12-4-3-9-22-12/h2,5-8,12H,3-4,9-11H2,1H3,(H,19,20). The molecule has 2 heterocycles. The van der Waals surface area contributed by atoms with Crippen LogP contribution in [0.15, 0.2) is 35.5 Å². The van der Waals surface area contributed by atoms with Crippen LogP contribution in [0.1, 0.15) is 12.8 Å². The summed E-state index contributed by atoms with van der Waals surface area (Å²) in [4.78, 5) is 16.4. The fourth-order valence-corrected chi connectivity index (χ4v) is 3.50. The lowest BCUT2D eigenvalue weighted by Crippen LogP contribution is -2.32. The van der Waals surface area contributed by atoms with Crippen LogP contribution in [0.2, 0.25) is 0 Å². The highest BCUT2D eigenvalue weighted by Gasteiger charge is 2.16. The smallest absolute Gasteiger partial charge is 0.230 e. The zero-order chi connectivity index (χ0) is 16.1. The van der Waals surface area contributed by atoms with Crippen molar-refractivity contribution in [1.29, 1.82) is 0 Å². The number of carbonyl (C=O) groups excluding carboxylic acids is 1. The Hall–Kier alpha value is -1.79. The van der Waals surface area contributed by atoms with E-state index in [9.17, 15) is 4.79 Å². The first-order valence-corrected chi connectivity index (χ1v) is 8.69. The Morgan fingerprint density at radius 1 is 1.43 bits per heavy atom. The molecule has 122 valence electrons. The van der Waals surface area contributed by atoms with Crippen LogP contribution in [-0.2, 0) is 9.53 Å². The number of methoxy groups -OCH3 is 1. The number of rotatable bonds is 6. The average Bonchev–Trinajstić information content (AvgIpc) is 3.11. The zero-order valence-electron chi connectivity index (χ0n) is 13.1. The van der Waals surface area contributed by atoms with Crippen molar-refractivity contribution in [3.63, 3.8) is 0 Å². The molecule has 1 aromatic carbocycles. The highest BCUT2D eigenvalue weighted by Crippen LogP contribution is 2.31. The Labute approximate surface area is 139 Å². The van der Waals surface area contributed by atoms with E-state index in [2.05, 4.69) is 10.3 Å². The van der Waals surface area contributed by atoms with E-state index in [4.69, 9.17) is 9.47 Å². The number of pyridine rings is 1. The van der Waals surface area contributed by atoms with E-state index in [1.54, 1.807) is 13.3 Å². The second-order valence-corrected chi connectivity index (χ2v) is 6.36. The van der Waals surface area contributed by atoms with Gasteiger partial charge in [-0.1, -0.05) is 23.9 Å². The van der Waals surface area contributed by atoms with Gasteiger partial charge in [0, 0.05) is 30.1 Å². The number of nitrogens with zero attached hydrogens (tertiary/aromatic N) is 1. The molecular formula is C17H20N2O3S. The van der Waals surface area contributed by atoms with Gasteiger partial charge in [0.25, 0.3) is 0 Å². The Morgan fingerprint density at radius 3 is 3.13 bits per heavy atom. The molecule has 0 spiro atoms. The van der Waals surface area contributed by atoms with Gasteiger partial charge >= 0.3 is 0 Å². The lowest BCUT2D eigenvalue weighted by Gasteiger charge is -2.11. The second kappa shape index (κ2) is 7.66. The molecule has 1 amide bonds. The molecular weight excluding hydrogens is 312 g/mol. The minimum absolute atomic E-state index is 0.00667. The van der Waals surface area contributed by atoms with Crippen molar-refractivity contribution in [2.24, 2.45) is 0 Å². The number of hydrogen-bond donors (Lipinski definition) is 1. The zero-order valence-corrected chi connectivity index (χ0v) is 13.9. The van der Waals surface area contributed by atoms with Gasteiger partial charge in [-0.25, -0.2) is 4.98 Å². The SMILES string of the molecule is COc1cccc2c(SCC(=O)NCC3CCCO3)nccc12. The molecule has 3 rings (SSSR count). The molecule has 1 aliphatic rings. The molecule has 1 aliphatic heterocycles. The highest BCUT2D eigenvalue weighted by atomic mass is 32.2. The number of thioether (sulfide) groups is 1. The first-order valence-electron chi connectivity index (χ1n) is 7.71. The van der Waals surface area contributed by atoms with Gasteiger partial charge in [0.2, 0.25) is 5.91 Å². The summed E-state index contributed by atoms with van der Waals surface area (Å²) in [6, 6.07) is 7.78. The van der Waals surface area contributed by atoms with Gasteiger partial charge in [-0.15, -0.1) is 0 Å². The van der Waals surface area contributed by atoms with Crippen LogP contribution < -0.4 is 10.1 Å². The normalized spacial score (nSPS) is 17.3. The van der Waals surface area contributed by atoms with Crippen molar-refractivity contribution < 1.29 is 14.3 Å². The Morgan fingerprint density at radius 2 is 2.35 bits per heavy atom. The summed E-state index contributed by atoms with van der Waals surface area (Å²) in [7, 11) is 1.65. The maximum Gasteiger partial charge on any atom is 0.230 e. The van der Waals surface area contributed by atoms with Gasteiger partial charge in [-0.3, -0.25) is 4.79 Å². The van der Waals surface area contributed by atoms with Gasteiger partial charge in [0.1, 0.15) is 10.8 Å². The van der Waals surface area contributed by atoms with Gasteiger partial charge in [0.15, 0.2) is 0 Å². The molecule has 1 saturated heterocycles. The third kappa shape index (κ3) is 3.95. The van der Waals surface area contributed by atoms with Crippen molar-refractivity contribution in [1.82, 2.24) is 10.3 Å². The van der Waals surface area contributed by atoms with E-state index in [1.165, 1.54) is 11.8 Å². The van der Waals surface area contributed by atoms with Crippen LogP contribution in [-0.4, -0.2) is 43.0 Å². The molecule has 5 nitrogen and oxygen atoms in total. The summed E-state index contributed by atoms with van der Waals surface area (Å²) in [6.07, 6.45) is 4.02. The summed E-state index contributed by atoms with van der Waals surface area (Å²) in [5.41, 5.74) is 0.